The fraction of sp³-hybridized carbons (Fsp3) is 0.650. The summed E-state index contributed by atoms with van der Waals surface area (Å²) < 4.78 is 0. The molecule has 3 heterocycles. The predicted molar refractivity (Wildman–Crippen MR) is 99.6 cm³/mol. The van der Waals surface area contributed by atoms with E-state index in [1.54, 1.807) is 0 Å². The molecule has 1 aromatic rings. The lowest BCUT2D eigenvalue weighted by Crippen LogP contribution is -2.48. The normalized spacial score (nSPS) is 30.4. The maximum absolute atomic E-state index is 12.7. The Morgan fingerprint density at radius 2 is 1.88 bits per heavy atom. The quantitative estimate of drug-likeness (QED) is 0.869. The number of carbonyl (C=O) groups excluding carboxylic acids is 1. The van der Waals surface area contributed by atoms with E-state index in [4.69, 9.17) is 0 Å². The van der Waals surface area contributed by atoms with Gasteiger partial charge in [0.1, 0.15) is 0 Å². The number of benzene rings is 1. The molecular weight excluding hydrogens is 312 g/mol. The Kier molecular flexibility index (Phi) is 5.06. The summed E-state index contributed by atoms with van der Waals surface area (Å²) in [5.74, 6) is 0.0894. The Morgan fingerprint density at radius 3 is 2.60 bits per heavy atom. The Labute approximate surface area is 150 Å². The first-order chi connectivity index (χ1) is 12.2. The number of piperidine rings is 1. The highest BCUT2D eigenvalue weighted by Gasteiger charge is 2.34. The molecule has 5 heteroatoms. The van der Waals surface area contributed by atoms with E-state index in [9.17, 15) is 4.79 Å². The van der Waals surface area contributed by atoms with Crippen molar-refractivity contribution in [2.24, 2.45) is 0 Å². The van der Waals surface area contributed by atoms with Gasteiger partial charge in [-0.1, -0.05) is 12.1 Å². The van der Waals surface area contributed by atoms with Crippen molar-refractivity contribution < 1.29 is 4.79 Å². The third-order valence-electron chi connectivity index (χ3n) is 6.00. The van der Waals surface area contributed by atoms with Gasteiger partial charge in [-0.15, -0.1) is 0 Å². The van der Waals surface area contributed by atoms with Crippen molar-refractivity contribution in [1.82, 2.24) is 20.4 Å². The van der Waals surface area contributed by atoms with Crippen LogP contribution in [-0.2, 0) is 6.54 Å². The van der Waals surface area contributed by atoms with Gasteiger partial charge in [0.05, 0.1) is 0 Å². The van der Waals surface area contributed by atoms with Gasteiger partial charge in [-0.25, -0.2) is 0 Å². The molecule has 0 spiro atoms. The van der Waals surface area contributed by atoms with Crippen LogP contribution in [0.15, 0.2) is 24.3 Å². The Morgan fingerprint density at radius 1 is 1.16 bits per heavy atom. The average Bonchev–Trinajstić information content (AvgIpc) is 2.96. The first-order valence-electron chi connectivity index (χ1n) is 9.72. The molecule has 3 aliphatic heterocycles. The van der Waals surface area contributed by atoms with Crippen LogP contribution in [0.5, 0.6) is 0 Å². The van der Waals surface area contributed by atoms with Crippen molar-refractivity contribution in [3.05, 3.63) is 35.4 Å². The number of hydrogen-bond acceptors (Lipinski definition) is 4. The molecule has 0 aromatic heterocycles. The minimum absolute atomic E-state index is 0.0894. The maximum atomic E-state index is 12.7. The largest absolute Gasteiger partial charge is 0.349 e. The van der Waals surface area contributed by atoms with Crippen LogP contribution in [0.25, 0.3) is 0 Å². The van der Waals surface area contributed by atoms with E-state index in [1.165, 1.54) is 18.4 Å². The molecule has 0 saturated carbocycles. The molecule has 4 rings (SSSR count). The highest BCUT2D eigenvalue weighted by molar-refractivity contribution is 5.94. The van der Waals surface area contributed by atoms with E-state index in [1.807, 2.05) is 12.1 Å². The monoisotopic (exact) mass is 342 g/mol. The molecule has 5 nitrogen and oxygen atoms in total. The van der Waals surface area contributed by atoms with Gasteiger partial charge in [-0.3, -0.25) is 9.69 Å². The molecule has 0 aliphatic carbocycles. The highest BCUT2D eigenvalue weighted by Crippen LogP contribution is 2.27. The molecular formula is C20H30N4O. The van der Waals surface area contributed by atoms with Crippen LogP contribution in [-0.4, -0.2) is 67.1 Å². The summed E-state index contributed by atoms with van der Waals surface area (Å²) in [6, 6.07) is 9.71. The van der Waals surface area contributed by atoms with Crippen LogP contribution >= 0.6 is 0 Å². The summed E-state index contributed by atoms with van der Waals surface area (Å²) in [4.78, 5) is 17.5. The molecule has 2 N–H and O–H groups in total. The maximum Gasteiger partial charge on any atom is 0.251 e. The number of hydrogen-bond donors (Lipinski definition) is 2. The minimum atomic E-state index is 0.0894. The van der Waals surface area contributed by atoms with E-state index in [2.05, 4.69) is 39.6 Å². The van der Waals surface area contributed by atoms with E-state index in [0.29, 0.717) is 18.1 Å². The van der Waals surface area contributed by atoms with Crippen molar-refractivity contribution in [3.63, 3.8) is 0 Å². The number of piperazine rings is 1. The summed E-state index contributed by atoms with van der Waals surface area (Å²) in [7, 11) is 2.18. The van der Waals surface area contributed by atoms with Crippen LogP contribution < -0.4 is 10.6 Å². The van der Waals surface area contributed by atoms with Crippen LogP contribution in [0.1, 0.15) is 41.6 Å². The molecule has 2 bridgehead atoms. The summed E-state index contributed by atoms with van der Waals surface area (Å²) >= 11 is 0. The SMILES string of the molecule is CN1CCN(Cc2cccc(C(=O)NC3CC4CCC(C3)N4)c2)CC1. The fourth-order valence-corrected chi connectivity index (χ4v) is 4.52. The van der Waals surface area contributed by atoms with Crippen LogP contribution in [0.2, 0.25) is 0 Å². The molecule has 0 radical (unpaired) electrons. The van der Waals surface area contributed by atoms with Crippen LogP contribution in [0.3, 0.4) is 0 Å². The Bertz CT molecular complexity index is 599. The number of rotatable bonds is 4. The summed E-state index contributed by atoms with van der Waals surface area (Å²) in [5.41, 5.74) is 2.04. The second-order valence-electron chi connectivity index (χ2n) is 8.06. The molecule has 1 amide bonds. The van der Waals surface area contributed by atoms with Gasteiger partial charge in [-0.05, 0) is 50.4 Å². The lowest BCUT2D eigenvalue weighted by molar-refractivity contribution is 0.0923. The zero-order valence-electron chi connectivity index (χ0n) is 15.2. The molecule has 3 fully saturated rings. The third kappa shape index (κ3) is 4.22. The lowest BCUT2D eigenvalue weighted by Gasteiger charge is -2.32. The first-order valence-corrected chi connectivity index (χ1v) is 9.72. The Balaban J connectivity index is 1.34. The van der Waals surface area contributed by atoms with Crippen molar-refractivity contribution >= 4 is 5.91 Å². The number of nitrogens with zero attached hydrogens (tertiary/aromatic N) is 2. The zero-order chi connectivity index (χ0) is 17.2. The minimum Gasteiger partial charge on any atom is -0.349 e. The first kappa shape index (κ1) is 17.0. The van der Waals surface area contributed by atoms with Gasteiger partial charge in [0, 0.05) is 56.4 Å². The van der Waals surface area contributed by atoms with Crippen molar-refractivity contribution in [2.45, 2.75) is 50.4 Å². The fourth-order valence-electron chi connectivity index (χ4n) is 4.52. The topological polar surface area (TPSA) is 47.6 Å². The van der Waals surface area contributed by atoms with Crippen molar-refractivity contribution in [1.29, 1.82) is 0 Å². The summed E-state index contributed by atoms with van der Waals surface area (Å²) in [6.07, 6.45) is 4.67. The lowest BCUT2D eigenvalue weighted by atomic mass is 9.99. The van der Waals surface area contributed by atoms with Gasteiger partial charge in [0.15, 0.2) is 0 Å². The van der Waals surface area contributed by atoms with Gasteiger partial charge in [0.25, 0.3) is 5.91 Å². The van der Waals surface area contributed by atoms with Gasteiger partial charge < -0.3 is 15.5 Å². The van der Waals surface area contributed by atoms with Crippen LogP contribution in [0.4, 0.5) is 0 Å². The average molecular weight is 342 g/mol. The summed E-state index contributed by atoms with van der Waals surface area (Å²) in [5, 5.41) is 6.90. The van der Waals surface area contributed by atoms with E-state index < -0.39 is 0 Å². The molecule has 3 saturated heterocycles. The van der Waals surface area contributed by atoms with E-state index >= 15 is 0 Å². The molecule has 2 unspecified atom stereocenters. The second-order valence-corrected chi connectivity index (χ2v) is 8.06. The second kappa shape index (κ2) is 7.44. The molecule has 25 heavy (non-hydrogen) atoms. The zero-order valence-corrected chi connectivity index (χ0v) is 15.2. The molecule has 2 atom stereocenters. The Hall–Kier alpha value is -1.43. The van der Waals surface area contributed by atoms with Gasteiger partial charge in [-0.2, -0.15) is 0 Å². The summed E-state index contributed by atoms with van der Waals surface area (Å²) in [6.45, 7) is 5.39. The van der Waals surface area contributed by atoms with Crippen LogP contribution in [0, 0.1) is 0 Å². The van der Waals surface area contributed by atoms with Gasteiger partial charge in [0.2, 0.25) is 0 Å². The number of amides is 1. The van der Waals surface area contributed by atoms with Crippen molar-refractivity contribution in [3.8, 4) is 0 Å². The molecule has 136 valence electrons. The number of nitrogens with one attached hydrogen (secondary N) is 2. The highest BCUT2D eigenvalue weighted by atomic mass is 16.1. The number of fused-ring (bicyclic) bond motifs is 2. The third-order valence-corrected chi connectivity index (χ3v) is 6.00. The molecule has 3 aliphatic rings. The standard InChI is InChI=1S/C20H30N4O/c1-23-7-9-24(10-8-23)14-15-3-2-4-16(11-15)20(25)22-19-12-17-5-6-18(13-19)21-17/h2-4,11,17-19,21H,5-10,12-14H2,1H3,(H,22,25). The van der Waals surface area contributed by atoms with Crippen molar-refractivity contribution in [2.75, 3.05) is 33.2 Å². The predicted octanol–water partition coefficient (Wildman–Crippen LogP) is 1.45. The van der Waals surface area contributed by atoms with E-state index in [0.717, 1.165) is 51.1 Å². The smallest absolute Gasteiger partial charge is 0.251 e. The van der Waals surface area contributed by atoms with Gasteiger partial charge >= 0.3 is 0 Å². The molecule has 1 aromatic carbocycles. The van der Waals surface area contributed by atoms with E-state index in [-0.39, 0.29) is 5.91 Å². The number of carbonyl (C=O) groups is 1. The number of likely N-dealkylation sites (N-methyl/N-ethyl adjacent to an activating group) is 1.